The van der Waals surface area contributed by atoms with Crippen molar-refractivity contribution < 1.29 is 9.32 Å². The van der Waals surface area contributed by atoms with Crippen molar-refractivity contribution in [2.24, 2.45) is 5.92 Å². The average molecular weight is 262 g/mol. The Morgan fingerprint density at radius 2 is 2.05 bits per heavy atom. The van der Waals surface area contributed by atoms with Crippen LogP contribution in [0.15, 0.2) is 10.6 Å². The lowest BCUT2D eigenvalue weighted by molar-refractivity contribution is 0.0651. The Labute approximate surface area is 114 Å². The van der Waals surface area contributed by atoms with E-state index in [9.17, 15) is 4.79 Å². The van der Waals surface area contributed by atoms with E-state index >= 15 is 0 Å². The first-order valence-electron chi connectivity index (χ1n) is 7.50. The monoisotopic (exact) mass is 262 g/mol. The van der Waals surface area contributed by atoms with Gasteiger partial charge in [-0.05, 0) is 38.5 Å². The molecule has 1 aliphatic carbocycles. The second kappa shape index (κ2) is 5.35. The van der Waals surface area contributed by atoms with Crippen LogP contribution in [0.2, 0.25) is 0 Å². The first-order chi connectivity index (χ1) is 9.25. The Balaban J connectivity index is 1.73. The summed E-state index contributed by atoms with van der Waals surface area (Å²) in [5.74, 6) is 1.47. The molecule has 1 saturated heterocycles. The van der Waals surface area contributed by atoms with Gasteiger partial charge in [0.15, 0.2) is 5.69 Å². The van der Waals surface area contributed by atoms with Crippen LogP contribution in [0.1, 0.15) is 61.2 Å². The average Bonchev–Trinajstić information content (AvgIpc) is 3.07. The van der Waals surface area contributed by atoms with E-state index in [1.165, 1.54) is 32.1 Å². The van der Waals surface area contributed by atoms with Gasteiger partial charge in [-0.25, -0.2) is 0 Å². The molecule has 19 heavy (non-hydrogen) atoms. The molecule has 1 aromatic heterocycles. The van der Waals surface area contributed by atoms with Gasteiger partial charge in [-0.1, -0.05) is 24.4 Å². The van der Waals surface area contributed by atoms with Gasteiger partial charge >= 0.3 is 0 Å². The van der Waals surface area contributed by atoms with Gasteiger partial charge < -0.3 is 9.42 Å². The molecule has 3 rings (SSSR count). The van der Waals surface area contributed by atoms with Crippen molar-refractivity contribution in [3.05, 3.63) is 17.5 Å². The second-order valence-corrected chi connectivity index (χ2v) is 5.93. The summed E-state index contributed by atoms with van der Waals surface area (Å²) in [4.78, 5) is 14.6. The van der Waals surface area contributed by atoms with Crippen molar-refractivity contribution in [2.45, 2.75) is 57.9 Å². The number of aryl methyl sites for hydroxylation is 1. The fourth-order valence-corrected chi connectivity index (χ4v) is 3.67. The van der Waals surface area contributed by atoms with Gasteiger partial charge in [-0.15, -0.1) is 0 Å². The van der Waals surface area contributed by atoms with Gasteiger partial charge in [0.2, 0.25) is 0 Å². The summed E-state index contributed by atoms with van der Waals surface area (Å²) >= 11 is 0. The number of aromatic nitrogens is 1. The van der Waals surface area contributed by atoms with Crippen LogP contribution in [0.5, 0.6) is 0 Å². The van der Waals surface area contributed by atoms with E-state index < -0.39 is 0 Å². The van der Waals surface area contributed by atoms with Crippen molar-refractivity contribution in [1.82, 2.24) is 10.1 Å². The first-order valence-corrected chi connectivity index (χ1v) is 7.50. The van der Waals surface area contributed by atoms with Crippen LogP contribution >= 0.6 is 0 Å². The number of rotatable bonds is 2. The van der Waals surface area contributed by atoms with Crippen LogP contribution in [0.4, 0.5) is 0 Å². The Bertz CT molecular complexity index is 449. The van der Waals surface area contributed by atoms with Gasteiger partial charge in [0.05, 0.1) is 0 Å². The number of hydrogen-bond acceptors (Lipinski definition) is 3. The molecule has 0 spiro atoms. The predicted molar refractivity (Wildman–Crippen MR) is 71.9 cm³/mol. The van der Waals surface area contributed by atoms with Crippen LogP contribution in [0, 0.1) is 12.8 Å². The van der Waals surface area contributed by atoms with Crippen LogP contribution in [-0.2, 0) is 0 Å². The van der Waals surface area contributed by atoms with E-state index in [2.05, 4.69) is 5.16 Å². The lowest BCUT2D eigenvalue weighted by atomic mass is 9.83. The Hall–Kier alpha value is -1.32. The third kappa shape index (κ3) is 2.53. The molecule has 2 fully saturated rings. The van der Waals surface area contributed by atoms with E-state index in [1.54, 1.807) is 6.07 Å². The molecule has 1 aromatic rings. The zero-order valence-electron chi connectivity index (χ0n) is 11.6. The Morgan fingerprint density at radius 1 is 1.26 bits per heavy atom. The molecule has 0 bridgehead atoms. The maximum atomic E-state index is 12.5. The van der Waals surface area contributed by atoms with E-state index in [4.69, 9.17) is 4.52 Å². The molecule has 0 N–H and O–H groups in total. The zero-order chi connectivity index (χ0) is 13.2. The normalized spacial score (nSPS) is 24.9. The molecule has 4 nitrogen and oxygen atoms in total. The summed E-state index contributed by atoms with van der Waals surface area (Å²) in [6, 6.07) is 2.18. The Morgan fingerprint density at radius 3 is 2.74 bits per heavy atom. The highest BCUT2D eigenvalue weighted by Crippen LogP contribution is 2.34. The molecule has 1 amide bonds. The minimum atomic E-state index is 0.0601. The lowest BCUT2D eigenvalue weighted by Crippen LogP contribution is -2.40. The number of carbonyl (C=O) groups excluding carboxylic acids is 1. The minimum Gasteiger partial charge on any atom is -0.361 e. The standard InChI is InChI=1S/C15H22N2O2/c1-11-10-13(16-19-11)15(18)17-9-5-8-14(17)12-6-3-2-4-7-12/h10,12,14H,2-9H2,1H3/t14-/m0/s1. The molecular weight excluding hydrogens is 240 g/mol. The molecule has 0 aromatic carbocycles. The topological polar surface area (TPSA) is 46.3 Å². The van der Waals surface area contributed by atoms with Crippen molar-refractivity contribution in [3.63, 3.8) is 0 Å². The summed E-state index contributed by atoms with van der Waals surface area (Å²) in [6.45, 7) is 2.71. The lowest BCUT2D eigenvalue weighted by Gasteiger charge is -2.33. The van der Waals surface area contributed by atoms with Crippen molar-refractivity contribution in [2.75, 3.05) is 6.54 Å². The van der Waals surface area contributed by atoms with Crippen LogP contribution < -0.4 is 0 Å². The largest absolute Gasteiger partial charge is 0.361 e. The van der Waals surface area contributed by atoms with Gasteiger partial charge in [0, 0.05) is 18.7 Å². The molecule has 1 saturated carbocycles. The van der Waals surface area contributed by atoms with Crippen LogP contribution in [0.3, 0.4) is 0 Å². The van der Waals surface area contributed by atoms with Crippen LogP contribution in [0.25, 0.3) is 0 Å². The SMILES string of the molecule is Cc1cc(C(=O)N2CCC[C@H]2C2CCCCC2)no1. The summed E-state index contributed by atoms with van der Waals surface area (Å²) in [5, 5.41) is 3.87. The number of hydrogen-bond donors (Lipinski definition) is 0. The molecule has 2 aliphatic rings. The third-order valence-corrected chi connectivity index (χ3v) is 4.60. The summed E-state index contributed by atoms with van der Waals surface area (Å²) in [7, 11) is 0. The van der Waals surface area contributed by atoms with Crippen LogP contribution in [-0.4, -0.2) is 28.6 Å². The van der Waals surface area contributed by atoms with Gasteiger partial charge in [0.25, 0.3) is 5.91 Å². The third-order valence-electron chi connectivity index (χ3n) is 4.60. The van der Waals surface area contributed by atoms with Gasteiger partial charge in [-0.2, -0.15) is 0 Å². The minimum absolute atomic E-state index is 0.0601. The molecule has 2 heterocycles. The number of carbonyl (C=O) groups is 1. The fraction of sp³-hybridized carbons (Fsp3) is 0.733. The highest BCUT2D eigenvalue weighted by atomic mass is 16.5. The maximum Gasteiger partial charge on any atom is 0.276 e. The highest BCUT2D eigenvalue weighted by molar-refractivity contribution is 5.92. The Kier molecular flexibility index (Phi) is 3.58. The molecule has 4 heteroatoms. The number of nitrogens with zero attached hydrogens (tertiary/aromatic N) is 2. The van der Waals surface area contributed by atoms with Gasteiger partial charge in [0.1, 0.15) is 5.76 Å². The number of amides is 1. The zero-order valence-corrected chi connectivity index (χ0v) is 11.6. The van der Waals surface area contributed by atoms with Crippen molar-refractivity contribution in [1.29, 1.82) is 0 Å². The summed E-state index contributed by atoms with van der Waals surface area (Å²) in [6.07, 6.45) is 8.87. The molecule has 0 radical (unpaired) electrons. The molecular formula is C15H22N2O2. The van der Waals surface area contributed by atoms with Crippen molar-refractivity contribution in [3.8, 4) is 0 Å². The van der Waals surface area contributed by atoms with E-state index in [-0.39, 0.29) is 5.91 Å². The highest BCUT2D eigenvalue weighted by Gasteiger charge is 2.36. The predicted octanol–water partition coefficient (Wildman–Crippen LogP) is 3.17. The second-order valence-electron chi connectivity index (χ2n) is 5.93. The maximum absolute atomic E-state index is 12.5. The van der Waals surface area contributed by atoms with E-state index in [0.717, 1.165) is 19.4 Å². The number of likely N-dealkylation sites (tertiary alicyclic amines) is 1. The first kappa shape index (κ1) is 12.7. The fourth-order valence-electron chi connectivity index (χ4n) is 3.67. The molecule has 0 unspecified atom stereocenters. The summed E-state index contributed by atoms with van der Waals surface area (Å²) < 4.78 is 5.03. The molecule has 104 valence electrons. The van der Waals surface area contributed by atoms with Crippen molar-refractivity contribution >= 4 is 5.91 Å². The molecule has 1 aliphatic heterocycles. The van der Waals surface area contributed by atoms with Gasteiger partial charge in [-0.3, -0.25) is 4.79 Å². The van der Waals surface area contributed by atoms with E-state index in [0.29, 0.717) is 23.4 Å². The quantitative estimate of drug-likeness (QED) is 0.822. The smallest absolute Gasteiger partial charge is 0.276 e. The molecule has 1 atom stereocenters. The van der Waals surface area contributed by atoms with E-state index in [1.807, 2.05) is 11.8 Å². The summed E-state index contributed by atoms with van der Waals surface area (Å²) in [5.41, 5.74) is 0.472.